The van der Waals surface area contributed by atoms with Gasteiger partial charge in [0, 0.05) is 32.1 Å². The standard InChI is InChI=1S/C20H25N5O2/c1-27-17-5-3-15(4-6-17)19(7-12-26)24-11-9-22-20(24)18-13-16-14-21-8-2-10-25(16)23-18/h3-6,9,11,13,19,21,26H,2,7-8,10,12,14H2,1H3. The summed E-state index contributed by atoms with van der Waals surface area (Å²) in [5, 5.41) is 17.8. The molecule has 2 aromatic heterocycles. The number of hydrogen-bond acceptors (Lipinski definition) is 5. The molecule has 3 aromatic rings. The Morgan fingerprint density at radius 1 is 1.30 bits per heavy atom. The lowest BCUT2D eigenvalue weighted by Crippen LogP contribution is -2.13. The maximum absolute atomic E-state index is 9.64. The van der Waals surface area contributed by atoms with Crippen LogP contribution >= 0.6 is 0 Å². The number of aromatic nitrogens is 4. The lowest BCUT2D eigenvalue weighted by atomic mass is 10.0. The molecule has 4 rings (SSSR count). The third-order valence-corrected chi connectivity index (χ3v) is 5.03. The van der Waals surface area contributed by atoms with Crippen LogP contribution in [0.15, 0.2) is 42.7 Å². The van der Waals surface area contributed by atoms with Gasteiger partial charge in [-0.2, -0.15) is 5.10 Å². The Hall–Kier alpha value is -2.64. The van der Waals surface area contributed by atoms with Crippen molar-refractivity contribution in [3.05, 3.63) is 54.0 Å². The second-order valence-corrected chi connectivity index (χ2v) is 6.73. The lowest BCUT2D eigenvalue weighted by Gasteiger charge is -2.20. The first-order chi connectivity index (χ1) is 13.3. The second kappa shape index (κ2) is 7.94. The Balaban J connectivity index is 1.70. The molecule has 2 N–H and O–H groups in total. The fraction of sp³-hybridized carbons (Fsp3) is 0.400. The molecule has 0 amide bonds. The summed E-state index contributed by atoms with van der Waals surface area (Å²) in [6.07, 6.45) is 5.43. The molecule has 0 spiro atoms. The molecule has 1 aromatic carbocycles. The fourth-order valence-electron chi connectivity index (χ4n) is 3.65. The predicted octanol–water partition coefficient (Wildman–Crippen LogP) is 2.22. The maximum atomic E-state index is 9.64. The van der Waals surface area contributed by atoms with Crippen LogP contribution < -0.4 is 10.1 Å². The van der Waals surface area contributed by atoms with Gasteiger partial charge < -0.3 is 19.7 Å². The van der Waals surface area contributed by atoms with E-state index in [1.165, 1.54) is 5.69 Å². The third kappa shape index (κ3) is 3.61. The van der Waals surface area contributed by atoms with E-state index in [0.717, 1.165) is 48.9 Å². The quantitative estimate of drug-likeness (QED) is 0.699. The highest BCUT2D eigenvalue weighted by molar-refractivity contribution is 5.51. The van der Waals surface area contributed by atoms with Crippen molar-refractivity contribution in [1.29, 1.82) is 0 Å². The predicted molar refractivity (Wildman–Crippen MR) is 103 cm³/mol. The molecule has 142 valence electrons. The van der Waals surface area contributed by atoms with E-state index in [2.05, 4.69) is 25.6 Å². The van der Waals surface area contributed by atoms with Crippen LogP contribution in [-0.2, 0) is 13.1 Å². The van der Waals surface area contributed by atoms with E-state index in [0.29, 0.717) is 6.42 Å². The van der Waals surface area contributed by atoms with Crippen molar-refractivity contribution in [3.8, 4) is 17.3 Å². The summed E-state index contributed by atoms with van der Waals surface area (Å²) in [4.78, 5) is 4.58. The number of ether oxygens (including phenoxy) is 1. The third-order valence-electron chi connectivity index (χ3n) is 5.03. The first kappa shape index (κ1) is 17.8. The van der Waals surface area contributed by atoms with Gasteiger partial charge in [-0.25, -0.2) is 4.98 Å². The van der Waals surface area contributed by atoms with Gasteiger partial charge in [-0.1, -0.05) is 12.1 Å². The zero-order chi connectivity index (χ0) is 18.6. The van der Waals surface area contributed by atoms with Gasteiger partial charge in [0.25, 0.3) is 0 Å². The molecule has 0 saturated carbocycles. The number of nitrogens with zero attached hydrogens (tertiary/aromatic N) is 4. The zero-order valence-electron chi connectivity index (χ0n) is 15.5. The monoisotopic (exact) mass is 367 g/mol. The first-order valence-corrected chi connectivity index (χ1v) is 9.35. The highest BCUT2D eigenvalue weighted by atomic mass is 16.5. The summed E-state index contributed by atoms with van der Waals surface area (Å²) in [6.45, 7) is 2.86. The number of aryl methyl sites for hydroxylation is 1. The summed E-state index contributed by atoms with van der Waals surface area (Å²) < 4.78 is 9.44. The number of methoxy groups -OCH3 is 1. The minimum Gasteiger partial charge on any atom is -0.497 e. The van der Waals surface area contributed by atoms with Gasteiger partial charge in [0.2, 0.25) is 0 Å². The van der Waals surface area contributed by atoms with Crippen LogP contribution in [0.5, 0.6) is 5.75 Å². The van der Waals surface area contributed by atoms with Crippen LogP contribution in [0.1, 0.15) is 30.1 Å². The number of aliphatic hydroxyl groups excluding tert-OH is 1. The van der Waals surface area contributed by atoms with E-state index in [-0.39, 0.29) is 12.6 Å². The maximum Gasteiger partial charge on any atom is 0.161 e. The Labute approximate surface area is 158 Å². The molecule has 1 atom stereocenters. The number of fused-ring (bicyclic) bond motifs is 1. The van der Waals surface area contributed by atoms with Crippen LogP contribution in [0.3, 0.4) is 0 Å². The smallest absolute Gasteiger partial charge is 0.161 e. The van der Waals surface area contributed by atoms with E-state index in [4.69, 9.17) is 9.84 Å². The highest BCUT2D eigenvalue weighted by Gasteiger charge is 2.21. The summed E-state index contributed by atoms with van der Waals surface area (Å²) in [5.41, 5.74) is 3.15. The summed E-state index contributed by atoms with van der Waals surface area (Å²) in [7, 11) is 1.66. The number of rotatable bonds is 6. The van der Waals surface area contributed by atoms with Crippen molar-refractivity contribution in [2.24, 2.45) is 0 Å². The van der Waals surface area contributed by atoms with Gasteiger partial charge in [0.1, 0.15) is 11.4 Å². The highest BCUT2D eigenvalue weighted by Crippen LogP contribution is 2.29. The van der Waals surface area contributed by atoms with Crippen molar-refractivity contribution in [3.63, 3.8) is 0 Å². The Bertz CT molecular complexity index is 861. The average molecular weight is 367 g/mol. The van der Waals surface area contributed by atoms with Gasteiger partial charge in [-0.05, 0) is 43.1 Å². The van der Waals surface area contributed by atoms with E-state index in [1.54, 1.807) is 13.3 Å². The molecular formula is C20H25N5O2. The molecule has 0 radical (unpaired) electrons. The van der Waals surface area contributed by atoms with Gasteiger partial charge in [-0.15, -0.1) is 0 Å². The van der Waals surface area contributed by atoms with Crippen LogP contribution in [-0.4, -0.2) is 44.7 Å². The largest absolute Gasteiger partial charge is 0.497 e. The molecule has 1 unspecified atom stereocenters. The minimum absolute atomic E-state index is 0.0157. The fourth-order valence-corrected chi connectivity index (χ4v) is 3.65. The van der Waals surface area contributed by atoms with Crippen molar-refractivity contribution < 1.29 is 9.84 Å². The molecule has 0 fully saturated rings. The molecule has 1 aliphatic heterocycles. The van der Waals surface area contributed by atoms with E-state index in [1.807, 2.05) is 30.5 Å². The summed E-state index contributed by atoms with van der Waals surface area (Å²) in [6, 6.07) is 10.1. The summed E-state index contributed by atoms with van der Waals surface area (Å²) >= 11 is 0. The Morgan fingerprint density at radius 2 is 2.15 bits per heavy atom. The van der Waals surface area contributed by atoms with Crippen LogP contribution in [0.2, 0.25) is 0 Å². The van der Waals surface area contributed by atoms with Gasteiger partial charge in [0.15, 0.2) is 5.82 Å². The number of nitrogens with one attached hydrogen (secondary N) is 1. The lowest BCUT2D eigenvalue weighted by molar-refractivity contribution is 0.268. The molecule has 27 heavy (non-hydrogen) atoms. The first-order valence-electron chi connectivity index (χ1n) is 9.35. The summed E-state index contributed by atoms with van der Waals surface area (Å²) in [5.74, 6) is 1.64. The van der Waals surface area contributed by atoms with E-state index in [9.17, 15) is 5.11 Å². The van der Waals surface area contributed by atoms with Crippen molar-refractivity contribution in [2.75, 3.05) is 20.3 Å². The van der Waals surface area contributed by atoms with Gasteiger partial charge >= 0.3 is 0 Å². The molecule has 0 saturated heterocycles. The Kier molecular flexibility index (Phi) is 5.22. The molecule has 0 bridgehead atoms. The molecule has 7 nitrogen and oxygen atoms in total. The van der Waals surface area contributed by atoms with Crippen molar-refractivity contribution in [1.82, 2.24) is 24.6 Å². The van der Waals surface area contributed by atoms with E-state index >= 15 is 0 Å². The van der Waals surface area contributed by atoms with Crippen LogP contribution in [0, 0.1) is 0 Å². The van der Waals surface area contributed by atoms with Crippen LogP contribution in [0.4, 0.5) is 0 Å². The zero-order valence-corrected chi connectivity index (χ0v) is 15.5. The van der Waals surface area contributed by atoms with E-state index < -0.39 is 0 Å². The second-order valence-electron chi connectivity index (χ2n) is 6.73. The molecule has 0 aliphatic carbocycles. The molecular weight excluding hydrogens is 342 g/mol. The molecule has 7 heteroatoms. The average Bonchev–Trinajstić information content (AvgIpc) is 3.28. The normalized spacial score (nSPS) is 15.2. The van der Waals surface area contributed by atoms with Crippen molar-refractivity contribution in [2.45, 2.75) is 32.0 Å². The number of imidazole rings is 1. The number of aliphatic hydroxyl groups is 1. The minimum atomic E-state index is -0.0157. The topological polar surface area (TPSA) is 77.1 Å². The SMILES string of the molecule is COc1ccc(C(CCO)n2ccnc2-c2cc3n(n2)CCCNC3)cc1. The molecule has 3 heterocycles. The number of benzene rings is 1. The molecule has 1 aliphatic rings. The van der Waals surface area contributed by atoms with Crippen LogP contribution in [0.25, 0.3) is 11.5 Å². The Morgan fingerprint density at radius 3 is 2.93 bits per heavy atom. The van der Waals surface area contributed by atoms with Gasteiger partial charge in [0.05, 0.1) is 18.8 Å². The van der Waals surface area contributed by atoms with Crippen molar-refractivity contribution >= 4 is 0 Å². The number of hydrogen-bond donors (Lipinski definition) is 2. The van der Waals surface area contributed by atoms with Gasteiger partial charge in [-0.3, -0.25) is 4.68 Å².